The normalized spacial score (nSPS) is 11.9. The maximum atomic E-state index is 11.9. The number of nitrogens with zero attached hydrogens (tertiary/aromatic N) is 1. The number of carbonyl (C=O) groups is 1. The second-order valence-corrected chi connectivity index (χ2v) is 4.01. The van der Waals surface area contributed by atoms with Crippen LogP contribution in [0, 0.1) is 10.1 Å². The first-order chi connectivity index (χ1) is 8.56. The molecule has 0 aliphatic rings. The van der Waals surface area contributed by atoms with Crippen LogP contribution in [0.1, 0.15) is 30.1 Å². The van der Waals surface area contributed by atoms with Crippen LogP contribution >= 0.6 is 0 Å². The summed E-state index contributed by atoms with van der Waals surface area (Å²) in [6.07, 6.45) is 1.21. The number of nitrogens with one attached hydrogen (secondary N) is 1. The predicted octanol–water partition coefficient (Wildman–Crippen LogP) is 1.49. The van der Waals surface area contributed by atoms with E-state index in [2.05, 4.69) is 5.32 Å². The van der Waals surface area contributed by atoms with Gasteiger partial charge in [-0.1, -0.05) is 12.1 Å². The fraction of sp³-hybridized carbons (Fsp3) is 0.417. The third kappa shape index (κ3) is 3.81. The Bertz CT molecular complexity index is 434. The molecule has 1 rings (SSSR count). The summed E-state index contributed by atoms with van der Waals surface area (Å²) in [4.78, 5) is 22.1. The van der Waals surface area contributed by atoms with Crippen molar-refractivity contribution in [1.29, 1.82) is 0 Å². The molecule has 0 aliphatic heterocycles. The van der Waals surface area contributed by atoms with Crippen molar-refractivity contribution in [2.75, 3.05) is 6.61 Å². The van der Waals surface area contributed by atoms with Gasteiger partial charge in [-0.25, -0.2) is 0 Å². The predicted molar refractivity (Wildman–Crippen MR) is 66.3 cm³/mol. The number of nitro groups is 1. The Kier molecular flexibility index (Phi) is 5.26. The minimum absolute atomic E-state index is 0.0540. The van der Waals surface area contributed by atoms with E-state index in [1.165, 1.54) is 18.2 Å². The van der Waals surface area contributed by atoms with E-state index in [1.807, 2.05) is 0 Å². The quantitative estimate of drug-likeness (QED) is 0.592. The van der Waals surface area contributed by atoms with Gasteiger partial charge in [0.05, 0.1) is 4.92 Å². The highest BCUT2D eigenvalue weighted by molar-refractivity contribution is 5.98. The van der Waals surface area contributed by atoms with Crippen molar-refractivity contribution in [2.24, 2.45) is 0 Å². The largest absolute Gasteiger partial charge is 0.396 e. The van der Waals surface area contributed by atoms with Crippen LogP contribution in [-0.2, 0) is 0 Å². The van der Waals surface area contributed by atoms with E-state index >= 15 is 0 Å². The molecule has 0 saturated heterocycles. The first-order valence-corrected chi connectivity index (χ1v) is 5.71. The molecule has 0 aliphatic carbocycles. The van der Waals surface area contributed by atoms with Gasteiger partial charge in [0.15, 0.2) is 0 Å². The number of carbonyl (C=O) groups excluding carboxylic acids is 1. The van der Waals surface area contributed by atoms with Gasteiger partial charge in [0.1, 0.15) is 5.56 Å². The van der Waals surface area contributed by atoms with Crippen LogP contribution in [0.25, 0.3) is 0 Å². The number of nitro benzene ring substituents is 1. The van der Waals surface area contributed by atoms with Crippen molar-refractivity contribution in [2.45, 2.75) is 25.8 Å². The second kappa shape index (κ2) is 6.70. The molecular weight excluding hydrogens is 236 g/mol. The highest BCUT2D eigenvalue weighted by Gasteiger charge is 2.19. The van der Waals surface area contributed by atoms with Crippen LogP contribution in [0.3, 0.4) is 0 Å². The molecule has 0 aromatic heterocycles. The molecule has 2 N–H and O–H groups in total. The Labute approximate surface area is 105 Å². The van der Waals surface area contributed by atoms with Crippen LogP contribution in [-0.4, -0.2) is 28.6 Å². The molecule has 98 valence electrons. The van der Waals surface area contributed by atoms with E-state index in [0.717, 1.165) is 0 Å². The molecule has 1 unspecified atom stereocenters. The molecule has 0 heterocycles. The standard InChI is InChI=1S/C12H16N2O4/c1-9(5-4-8-15)13-12(16)10-6-2-3-7-11(10)14(17)18/h2-3,6-7,9,15H,4-5,8H2,1H3,(H,13,16). The van der Waals surface area contributed by atoms with Gasteiger partial charge in [-0.05, 0) is 25.8 Å². The summed E-state index contributed by atoms with van der Waals surface area (Å²) in [5, 5.41) is 22.1. The summed E-state index contributed by atoms with van der Waals surface area (Å²) < 4.78 is 0. The van der Waals surface area contributed by atoms with Crippen LogP contribution in [0.4, 0.5) is 5.69 Å². The van der Waals surface area contributed by atoms with Crippen molar-refractivity contribution in [1.82, 2.24) is 5.32 Å². The van der Waals surface area contributed by atoms with Gasteiger partial charge in [-0.2, -0.15) is 0 Å². The first-order valence-electron chi connectivity index (χ1n) is 5.71. The number of amides is 1. The molecule has 0 saturated carbocycles. The number of rotatable bonds is 6. The van der Waals surface area contributed by atoms with E-state index in [9.17, 15) is 14.9 Å². The third-order valence-corrected chi connectivity index (χ3v) is 2.52. The summed E-state index contributed by atoms with van der Waals surface area (Å²) in [7, 11) is 0. The lowest BCUT2D eigenvalue weighted by atomic mass is 10.1. The molecule has 0 fully saturated rings. The van der Waals surface area contributed by atoms with Crippen molar-refractivity contribution < 1.29 is 14.8 Å². The number of aliphatic hydroxyl groups is 1. The summed E-state index contributed by atoms with van der Waals surface area (Å²) in [6.45, 7) is 1.86. The van der Waals surface area contributed by atoms with Crippen molar-refractivity contribution in [3.05, 3.63) is 39.9 Å². The van der Waals surface area contributed by atoms with Gasteiger partial charge in [0, 0.05) is 18.7 Å². The maximum Gasteiger partial charge on any atom is 0.282 e. The van der Waals surface area contributed by atoms with E-state index in [1.54, 1.807) is 13.0 Å². The van der Waals surface area contributed by atoms with Crippen molar-refractivity contribution >= 4 is 11.6 Å². The zero-order valence-corrected chi connectivity index (χ0v) is 10.1. The van der Waals surface area contributed by atoms with E-state index < -0.39 is 10.8 Å². The number of aliphatic hydroxyl groups excluding tert-OH is 1. The van der Waals surface area contributed by atoms with Gasteiger partial charge in [-0.3, -0.25) is 14.9 Å². The van der Waals surface area contributed by atoms with Crippen molar-refractivity contribution in [3.8, 4) is 0 Å². The molecule has 6 heteroatoms. The summed E-state index contributed by atoms with van der Waals surface area (Å²) in [6, 6.07) is 5.69. The Balaban J connectivity index is 2.75. The number of benzene rings is 1. The molecule has 1 atom stereocenters. The molecule has 0 bridgehead atoms. The molecule has 1 aromatic rings. The molecule has 6 nitrogen and oxygen atoms in total. The molecule has 18 heavy (non-hydrogen) atoms. The highest BCUT2D eigenvalue weighted by Crippen LogP contribution is 2.17. The van der Waals surface area contributed by atoms with Crippen LogP contribution in [0.15, 0.2) is 24.3 Å². The van der Waals surface area contributed by atoms with E-state index in [-0.39, 0.29) is 23.9 Å². The summed E-state index contributed by atoms with van der Waals surface area (Å²) in [5.74, 6) is -0.465. The number of hydrogen-bond acceptors (Lipinski definition) is 4. The van der Waals surface area contributed by atoms with Gasteiger partial charge in [0.25, 0.3) is 11.6 Å². The summed E-state index contributed by atoms with van der Waals surface area (Å²) in [5.41, 5.74) is -0.150. The number of hydrogen-bond donors (Lipinski definition) is 2. The lowest BCUT2D eigenvalue weighted by molar-refractivity contribution is -0.385. The Morgan fingerprint density at radius 3 is 2.78 bits per heavy atom. The zero-order chi connectivity index (χ0) is 13.5. The molecule has 0 spiro atoms. The van der Waals surface area contributed by atoms with Crippen LogP contribution in [0.2, 0.25) is 0 Å². The van der Waals surface area contributed by atoms with E-state index in [4.69, 9.17) is 5.11 Å². The van der Waals surface area contributed by atoms with Gasteiger partial charge in [-0.15, -0.1) is 0 Å². The van der Waals surface area contributed by atoms with Gasteiger partial charge >= 0.3 is 0 Å². The number of para-hydroxylation sites is 1. The Hall–Kier alpha value is -1.95. The lowest BCUT2D eigenvalue weighted by Crippen LogP contribution is -2.33. The zero-order valence-electron chi connectivity index (χ0n) is 10.1. The Morgan fingerprint density at radius 1 is 1.50 bits per heavy atom. The fourth-order valence-corrected chi connectivity index (χ4v) is 1.60. The second-order valence-electron chi connectivity index (χ2n) is 4.01. The van der Waals surface area contributed by atoms with Gasteiger partial charge in [0.2, 0.25) is 0 Å². The summed E-state index contributed by atoms with van der Waals surface area (Å²) >= 11 is 0. The lowest BCUT2D eigenvalue weighted by Gasteiger charge is -2.13. The third-order valence-electron chi connectivity index (χ3n) is 2.52. The van der Waals surface area contributed by atoms with Gasteiger partial charge < -0.3 is 10.4 Å². The van der Waals surface area contributed by atoms with Crippen molar-refractivity contribution in [3.63, 3.8) is 0 Å². The Morgan fingerprint density at radius 2 is 2.17 bits per heavy atom. The average Bonchev–Trinajstić information content (AvgIpc) is 2.36. The van der Waals surface area contributed by atoms with Crippen LogP contribution in [0.5, 0.6) is 0 Å². The topological polar surface area (TPSA) is 92.5 Å². The highest BCUT2D eigenvalue weighted by atomic mass is 16.6. The van der Waals surface area contributed by atoms with Crippen LogP contribution < -0.4 is 5.32 Å². The monoisotopic (exact) mass is 252 g/mol. The average molecular weight is 252 g/mol. The SMILES string of the molecule is CC(CCCO)NC(=O)c1ccccc1[N+](=O)[O-]. The molecular formula is C12H16N2O4. The molecule has 1 aromatic carbocycles. The van der Waals surface area contributed by atoms with E-state index in [0.29, 0.717) is 12.8 Å². The minimum atomic E-state index is -0.576. The first kappa shape index (κ1) is 14.1. The molecule has 0 radical (unpaired) electrons. The maximum absolute atomic E-state index is 11.9. The minimum Gasteiger partial charge on any atom is -0.396 e. The molecule has 1 amide bonds. The smallest absolute Gasteiger partial charge is 0.282 e. The fourth-order valence-electron chi connectivity index (χ4n) is 1.60.